The predicted molar refractivity (Wildman–Crippen MR) is 83.6 cm³/mol. The van der Waals surface area contributed by atoms with Crippen molar-refractivity contribution in [1.82, 2.24) is 4.90 Å². The quantitative estimate of drug-likeness (QED) is 0.869. The standard InChI is InChI=1S/C16H19ClN2O2/c17-13-7-4-12(5-8-13)6-9-16(21)19-10-2-1-3-14(19)11-15(18)20/h4-9,14H,1-3,10-11H2,(H2,18,20)/b9-6-/t14-/m1/s1. The van der Waals surface area contributed by atoms with E-state index in [4.69, 9.17) is 17.3 Å². The summed E-state index contributed by atoms with van der Waals surface area (Å²) in [7, 11) is 0. The van der Waals surface area contributed by atoms with Crippen LogP contribution in [0.15, 0.2) is 30.3 Å². The van der Waals surface area contributed by atoms with Crippen molar-refractivity contribution in [1.29, 1.82) is 0 Å². The Hall–Kier alpha value is -1.81. The van der Waals surface area contributed by atoms with Crippen LogP contribution in [0.2, 0.25) is 5.02 Å². The van der Waals surface area contributed by atoms with Gasteiger partial charge >= 0.3 is 0 Å². The molecule has 1 atom stereocenters. The fourth-order valence-electron chi connectivity index (χ4n) is 2.57. The van der Waals surface area contributed by atoms with Gasteiger partial charge in [-0.15, -0.1) is 0 Å². The van der Waals surface area contributed by atoms with Crippen LogP contribution in [0.1, 0.15) is 31.2 Å². The molecule has 0 bridgehead atoms. The molecule has 4 nitrogen and oxygen atoms in total. The Morgan fingerprint density at radius 2 is 2.00 bits per heavy atom. The molecule has 1 fully saturated rings. The minimum Gasteiger partial charge on any atom is -0.370 e. The molecule has 0 saturated carbocycles. The van der Waals surface area contributed by atoms with Gasteiger partial charge in [-0.1, -0.05) is 23.7 Å². The Morgan fingerprint density at radius 1 is 1.29 bits per heavy atom. The molecule has 0 spiro atoms. The summed E-state index contributed by atoms with van der Waals surface area (Å²) in [5, 5.41) is 0.663. The van der Waals surface area contributed by atoms with Gasteiger partial charge in [0, 0.05) is 30.1 Å². The SMILES string of the molecule is NC(=O)C[C@H]1CCCCN1C(=O)/C=C\c1ccc(Cl)cc1. The van der Waals surface area contributed by atoms with Gasteiger partial charge in [-0.05, 0) is 43.0 Å². The zero-order chi connectivity index (χ0) is 15.2. The van der Waals surface area contributed by atoms with Crippen molar-refractivity contribution in [2.24, 2.45) is 5.73 Å². The van der Waals surface area contributed by atoms with Gasteiger partial charge < -0.3 is 10.6 Å². The van der Waals surface area contributed by atoms with E-state index in [2.05, 4.69) is 0 Å². The van der Waals surface area contributed by atoms with Crippen LogP contribution in [-0.4, -0.2) is 29.3 Å². The molecule has 1 aliphatic rings. The Morgan fingerprint density at radius 3 is 2.67 bits per heavy atom. The highest BCUT2D eigenvalue weighted by molar-refractivity contribution is 6.30. The van der Waals surface area contributed by atoms with Gasteiger partial charge in [-0.3, -0.25) is 9.59 Å². The van der Waals surface area contributed by atoms with E-state index in [1.807, 2.05) is 12.1 Å². The van der Waals surface area contributed by atoms with Crippen LogP contribution in [0.25, 0.3) is 6.08 Å². The molecule has 0 aromatic heterocycles. The molecule has 0 aliphatic carbocycles. The third kappa shape index (κ3) is 4.60. The van der Waals surface area contributed by atoms with Crippen LogP contribution < -0.4 is 5.73 Å². The summed E-state index contributed by atoms with van der Waals surface area (Å²) < 4.78 is 0. The molecule has 112 valence electrons. The maximum atomic E-state index is 12.3. The number of likely N-dealkylation sites (tertiary alicyclic amines) is 1. The van der Waals surface area contributed by atoms with Gasteiger partial charge in [-0.25, -0.2) is 0 Å². The zero-order valence-electron chi connectivity index (χ0n) is 11.8. The van der Waals surface area contributed by atoms with E-state index < -0.39 is 0 Å². The minimum absolute atomic E-state index is 0.0707. The first-order valence-electron chi connectivity index (χ1n) is 7.09. The average molecular weight is 307 g/mol. The molecule has 2 rings (SSSR count). The first-order valence-corrected chi connectivity index (χ1v) is 7.46. The van der Waals surface area contributed by atoms with Crippen molar-refractivity contribution in [3.05, 3.63) is 40.9 Å². The van der Waals surface area contributed by atoms with Crippen LogP contribution in [0, 0.1) is 0 Å². The van der Waals surface area contributed by atoms with Gasteiger partial charge in [0.15, 0.2) is 0 Å². The van der Waals surface area contributed by atoms with Crippen molar-refractivity contribution < 1.29 is 9.59 Å². The van der Waals surface area contributed by atoms with Crippen molar-refractivity contribution in [3.8, 4) is 0 Å². The minimum atomic E-state index is -0.360. The second-order valence-electron chi connectivity index (χ2n) is 5.24. The predicted octanol–water partition coefficient (Wildman–Crippen LogP) is 2.61. The maximum absolute atomic E-state index is 12.3. The van der Waals surface area contributed by atoms with E-state index in [9.17, 15) is 9.59 Å². The highest BCUT2D eigenvalue weighted by Crippen LogP contribution is 2.20. The lowest BCUT2D eigenvalue weighted by Crippen LogP contribution is -2.44. The normalized spacial score (nSPS) is 18.9. The number of amides is 2. The van der Waals surface area contributed by atoms with Crippen LogP contribution >= 0.6 is 11.6 Å². The van der Waals surface area contributed by atoms with Crippen molar-refractivity contribution >= 4 is 29.5 Å². The number of halogens is 1. The fraction of sp³-hybridized carbons (Fsp3) is 0.375. The van der Waals surface area contributed by atoms with E-state index in [1.165, 1.54) is 0 Å². The molecule has 1 aromatic carbocycles. The second kappa shape index (κ2) is 7.27. The number of carbonyl (C=O) groups excluding carboxylic acids is 2. The topological polar surface area (TPSA) is 63.4 Å². The largest absolute Gasteiger partial charge is 0.370 e. The van der Waals surface area contributed by atoms with Crippen LogP contribution in [-0.2, 0) is 9.59 Å². The van der Waals surface area contributed by atoms with E-state index in [0.29, 0.717) is 11.6 Å². The number of hydrogen-bond donors (Lipinski definition) is 1. The Labute approximate surface area is 129 Å². The number of piperidine rings is 1. The molecule has 0 unspecified atom stereocenters. The Kier molecular flexibility index (Phi) is 5.39. The number of hydrogen-bond acceptors (Lipinski definition) is 2. The van der Waals surface area contributed by atoms with Gasteiger partial charge in [0.25, 0.3) is 0 Å². The summed E-state index contributed by atoms with van der Waals surface area (Å²) in [5.74, 6) is -0.433. The summed E-state index contributed by atoms with van der Waals surface area (Å²) >= 11 is 5.82. The average Bonchev–Trinajstić information content (AvgIpc) is 2.46. The van der Waals surface area contributed by atoms with E-state index in [-0.39, 0.29) is 24.3 Å². The Bertz CT molecular complexity index is 540. The lowest BCUT2D eigenvalue weighted by molar-refractivity contribution is -0.130. The molecule has 1 saturated heterocycles. The van der Waals surface area contributed by atoms with Gasteiger partial charge in [0.05, 0.1) is 0 Å². The number of rotatable bonds is 4. The van der Waals surface area contributed by atoms with E-state index in [0.717, 1.165) is 24.8 Å². The zero-order valence-corrected chi connectivity index (χ0v) is 12.6. The molecule has 1 aliphatic heterocycles. The summed E-state index contributed by atoms with van der Waals surface area (Å²) in [6.07, 6.45) is 6.37. The third-order valence-corrected chi connectivity index (χ3v) is 3.89. The molecule has 2 N–H and O–H groups in total. The lowest BCUT2D eigenvalue weighted by Gasteiger charge is -2.34. The summed E-state index contributed by atoms with van der Waals surface area (Å²) in [5.41, 5.74) is 6.17. The molecule has 1 aromatic rings. The van der Waals surface area contributed by atoms with E-state index in [1.54, 1.807) is 29.2 Å². The summed E-state index contributed by atoms with van der Waals surface area (Å²) in [4.78, 5) is 25.1. The van der Waals surface area contributed by atoms with E-state index >= 15 is 0 Å². The molecule has 21 heavy (non-hydrogen) atoms. The fourth-order valence-corrected chi connectivity index (χ4v) is 2.70. The second-order valence-corrected chi connectivity index (χ2v) is 5.67. The van der Waals surface area contributed by atoms with Crippen LogP contribution in [0.3, 0.4) is 0 Å². The molecule has 5 heteroatoms. The third-order valence-electron chi connectivity index (χ3n) is 3.64. The molecule has 1 heterocycles. The monoisotopic (exact) mass is 306 g/mol. The molecule has 2 amide bonds. The molecule has 0 radical (unpaired) electrons. The molecular weight excluding hydrogens is 288 g/mol. The Balaban J connectivity index is 2.03. The summed E-state index contributed by atoms with van der Waals surface area (Å²) in [6.45, 7) is 0.682. The first kappa shape index (κ1) is 15.6. The lowest BCUT2D eigenvalue weighted by atomic mass is 9.99. The first-order chi connectivity index (χ1) is 10.1. The number of nitrogens with zero attached hydrogens (tertiary/aromatic N) is 1. The molecular formula is C16H19ClN2O2. The summed E-state index contributed by atoms with van der Waals surface area (Å²) in [6, 6.07) is 7.19. The number of nitrogens with two attached hydrogens (primary N) is 1. The maximum Gasteiger partial charge on any atom is 0.246 e. The van der Waals surface area contributed by atoms with Gasteiger partial charge in [-0.2, -0.15) is 0 Å². The highest BCUT2D eigenvalue weighted by Gasteiger charge is 2.26. The van der Waals surface area contributed by atoms with Crippen LogP contribution in [0.4, 0.5) is 0 Å². The highest BCUT2D eigenvalue weighted by atomic mass is 35.5. The number of primary amides is 1. The smallest absolute Gasteiger partial charge is 0.246 e. The van der Waals surface area contributed by atoms with Crippen LogP contribution in [0.5, 0.6) is 0 Å². The number of benzene rings is 1. The van der Waals surface area contributed by atoms with Gasteiger partial charge in [0.1, 0.15) is 0 Å². The van der Waals surface area contributed by atoms with Gasteiger partial charge in [0.2, 0.25) is 11.8 Å². The van der Waals surface area contributed by atoms with Crippen molar-refractivity contribution in [3.63, 3.8) is 0 Å². The number of carbonyl (C=O) groups is 2. The van der Waals surface area contributed by atoms with Crippen molar-refractivity contribution in [2.45, 2.75) is 31.7 Å². The van der Waals surface area contributed by atoms with Crippen molar-refractivity contribution in [2.75, 3.05) is 6.54 Å².